The summed E-state index contributed by atoms with van der Waals surface area (Å²) in [4.78, 5) is 10.6. The molecule has 1 heterocycles. The molecular weight excluding hydrogens is 334 g/mol. The van der Waals surface area contributed by atoms with E-state index >= 15 is 0 Å². The van der Waals surface area contributed by atoms with Crippen LogP contribution in [0.2, 0.25) is 0 Å². The molecule has 1 aliphatic heterocycles. The van der Waals surface area contributed by atoms with Crippen molar-refractivity contribution in [1.82, 2.24) is 0 Å². The zero-order chi connectivity index (χ0) is 17.3. The fourth-order valence-corrected chi connectivity index (χ4v) is 3.78. The number of nitro benzene ring substituents is 1. The lowest BCUT2D eigenvalue weighted by Gasteiger charge is -2.10. The van der Waals surface area contributed by atoms with Crippen molar-refractivity contribution < 1.29 is 22.8 Å². The van der Waals surface area contributed by atoms with E-state index in [0.717, 1.165) is 6.07 Å². The minimum Gasteiger partial charge on any atom is -0.484 e. The Labute approximate surface area is 138 Å². The van der Waals surface area contributed by atoms with Gasteiger partial charge < -0.3 is 9.47 Å². The monoisotopic (exact) mass is 349 g/mol. The Morgan fingerprint density at radius 1 is 1.29 bits per heavy atom. The van der Waals surface area contributed by atoms with E-state index in [1.165, 1.54) is 18.2 Å². The normalized spacial score (nSPS) is 16.6. The van der Waals surface area contributed by atoms with Gasteiger partial charge in [0.15, 0.2) is 5.75 Å². The Morgan fingerprint density at radius 2 is 2.00 bits per heavy atom. The first-order valence-electron chi connectivity index (χ1n) is 7.23. The first-order valence-corrected chi connectivity index (χ1v) is 8.71. The molecule has 1 atom stereocenters. The third kappa shape index (κ3) is 3.24. The van der Waals surface area contributed by atoms with Crippen LogP contribution in [-0.4, -0.2) is 32.7 Å². The SMILES string of the molecule is Cc1ccccc1S(=O)(=O)c1ccc(OCC2CO2)c([N+](=O)[O-])c1. The number of nitrogens with zero attached hydrogens (tertiary/aromatic N) is 1. The zero-order valence-electron chi connectivity index (χ0n) is 12.8. The van der Waals surface area contributed by atoms with Gasteiger partial charge in [-0.3, -0.25) is 10.1 Å². The number of hydrogen-bond donors (Lipinski definition) is 0. The van der Waals surface area contributed by atoms with Crippen molar-refractivity contribution in [2.75, 3.05) is 13.2 Å². The van der Waals surface area contributed by atoms with E-state index in [1.807, 2.05) is 0 Å². The van der Waals surface area contributed by atoms with Gasteiger partial charge in [0.1, 0.15) is 12.7 Å². The molecule has 0 bridgehead atoms. The summed E-state index contributed by atoms with van der Waals surface area (Å²) in [7, 11) is -3.85. The molecule has 7 nitrogen and oxygen atoms in total. The van der Waals surface area contributed by atoms with Crippen LogP contribution < -0.4 is 4.74 Å². The van der Waals surface area contributed by atoms with Gasteiger partial charge in [0.2, 0.25) is 9.84 Å². The van der Waals surface area contributed by atoms with E-state index in [0.29, 0.717) is 12.2 Å². The Hall–Kier alpha value is -2.45. The summed E-state index contributed by atoms with van der Waals surface area (Å²) in [5, 5.41) is 11.3. The van der Waals surface area contributed by atoms with Crippen LogP contribution in [0.15, 0.2) is 52.3 Å². The minimum atomic E-state index is -3.85. The number of aryl methyl sites for hydroxylation is 1. The summed E-state index contributed by atoms with van der Waals surface area (Å²) in [5.74, 6) is 0.0271. The molecule has 1 unspecified atom stereocenters. The van der Waals surface area contributed by atoms with Crippen LogP contribution in [-0.2, 0) is 14.6 Å². The standard InChI is InChI=1S/C16H15NO6S/c1-11-4-2-3-5-16(11)24(20,21)13-6-7-15(14(8-13)17(18)19)23-10-12-9-22-12/h2-8,12H,9-10H2,1H3. The Bertz CT molecular complexity index is 889. The highest BCUT2D eigenvalue weighted by atomic mass is 32.2. The predicted octanol–water partition coefficient (Wildman–Crippen LogP) is 2.51. The van der Waals surface area contributed by atoms with Gasteiger partial charge in [-0.1, -0.05) is 18.2 Å². The van der Waals surface area contributed by atoms with E-state index in [9.17, 15) is 18.5 Å². The summed E-state index contributed by atoms with van der Waals surface area (Å²) >= 11 is 0. The first-order chi connectivity index (χ1) is 11.4. The van der Waals surface area contributed by atoms with Gasteiger partial charge in [-0.15, -0.1) is 0 Å². The number of ether oxygens (including phenoxy) is 2. The van der Waals surface area contributed by atoms with Gasteiger partial charge in [0.05, 0.1) is 21.3 Å². The molecule has 3 rings (SSSR count). The van der Waals surface area contributed by atoms with Crippen molar-refractivity contribution in [3.8, 4) is 5.75 Å². The number of benzene rings is 2. The summed E-state index contributed by atoms with van der Waals surface area (Å²) in [6, 6.07) is 10.2. The smallest absolute Gasteiger partial charge is 0.312 e. The fourth-order valence-electron chi connectivity index (χ4n) is 2.26. The molecule has 1 saturated heterocycles. The van der Waals surface area contributed by atoms with Gasteiger partial charge in [-0.2, -0.15) is 0 Å². The van der Waals surface area contributed by atoms with Crippen molar-refractivity contribution in [2.24, 2.45) is 0 Å². The highest BCUT2D eigenvalue weighted by molar-refractivity contribution is 7.91. The molecule has 0 radical (unpaired) electrons. The van der Waals surface area contributed by atoms with E-state index in [1.54, 1.807) is 25.1 Å². The van der Waals surface area contributed by atoms with Crippen LogP contribution in [0.1, 0.15) is 5.56 Å². The van der Waals surface area contributed by atoms with Gasteiger partial charge in [-0.05, 0) is 30.7 Å². The largest absolute Gasteiger partial charge is 0.484 e. The van der Waals surface area contributed by atoms with E-state index < -0.39 is 14.8 Å². The second-order valence-electron chi connectivity index (χ2n) is 5.42. The van der Waals surface area contributed by atoms with Crippen molar-refractivity contribution in [3.63, 3.8) is 0 Å². The molecule has 8 heteroatoms. The number of hydrogen-bond acceptors (Lipinski definition) is 6. The molecule has 0 aromatic heterocycles. The predicted molar refractivity (Wildman–Crippen MR) is 85.0 cm³/mol. The zero-order valence-corrected chi connectivity index (χ0v) is 13.7. The van der Waals surface area contributed by atoms with Gasteiger partial charge in [0, 0.05) is 6.07 Å². The average Bonchev–Trinajstić information content (AvgIpc) is 3.37. The van der Waals surface area contributed by atoms with E-state index in [4.69, 9.17) is 9.47 Å². The van der Waals surface area contributed by atoms with Gasteiger partial charge >= 0.3 is 5.69 Å². The minimum absolute atomic E-state index is 0.0271. The molecule has 0 saturated carbocycles. The van der Waals surface area contributed by atoms with Crippen molar-refractivity contribution >= 4 is 15.5 Å². The lowest BCUT2D eigenvalue weighted by Crippen LogP contribution is -2.08. The van der Waals surface area contributed by atoms with Crippen LogP contribution in [0.5, 0.6) is 5.75 Å². The second kappa shape index (κ2) is 6.21. The van der Waals surface area contributed by atoms with Crippen LogP contribution in [0, 0.1) is 17.0 Å². The van der Waals surface area contributed by atoms with E-state index in [-0.39, 0.29) is 33.9 Å². The number of nitro groups is 1. The Balaban J connectivity index is 2.00. The maximum Gasteiger partial charge on any atom is 0.312 e. The molecule has 2 aromatic carbocycles. The summed E-state index contributed by atoms with van der Waals surface area (Å²) in [5.41, 5.74) is 0.191. The molecule has 126 valence electrons. The highest BCUT2D eigenvalue weighted by Crippen LogP contribution is 2.33. The molecule has 0 spiro atoms. The quantitative estimate of drug-likeness (QED) is 0.451. The molecule has 1 aliphatic rings. The third-order valence-corrected chi connectivity index (χ3v) is 5.56. The molecule has 2 aromatic rings. The van der Waals surface area contributed by atoms with Crippen LogP contribution >= 0.6 is 0 Å². The van der Waals surface area contributed by atoms with Crippen LogP contribution in [0.3, 0.4) is 0 Å². The lowest BCUT2D eigenvalue weighted by molar-refractivity contribution is -0.386. The average molecular weight is 349 g/mol. The molecule has 0 amide bonds. The molecule has 1 fully saturated rings. The molecule has 24 heavy (non-hydrogen) atoms. The fraction of sp³-hybridized carbons (Fsp3) is 0.250. The van der Waals surface area contributed by atoms with Crippen molar-refractivity contribution in [2.45, 2.75) is 22.8 Å². The van der Waals surface area contributed by atoms with Crippen molar-refractivity contribution in [3.05, 3.63) is 58.1 Å². The number of rotatable bonds is 6. The Morgan fingerprint density at radius 3 is 2.62 bits per heavy atom. The molecule has 0 aliphatic carbocycles. The summed E-state index contributed by atoms with van der Waals surface area (Å²) < 4.78 is 35.8. The highest BCUT2D eigenvalue weighted by Gasteiger charge is 2.27. The summed E-state index contributed by atoms with van der Waals surface area (Å²) in [6.07, 6.45) is -0.0556. The number of sulfone groups is 1. The van der Waals surface area contributed by atoms with E-state index in [2.05, 4.69) is 0 Å². The number of epoxide rings is 1. The summed E-state index contributed by atoms with van der Waals surface area (Å²) in [6.45, 7) is 2.44. The van der Waals surface area contributed by atoms with Crippen molar-refractivity contribution in [1.29, 1.82) is 0 Å². The maximum atomic E-state index is 12.7. The first kappa shape index (κ1) is 16.4. The molecule has 0 N–H and O–H groups in total. The Kier molecular flexibility index (Phi) is 4.25. The van der Waals surface area contributed by atoms with Crippen LogP contribution in [0.4, 0.5) is 5.69 Å². The van der Waals surface area contributed by atoms with Gasteiger partial charge in [0.25, 0.3) is 0 Å². The van der Waals surface area contributed by atoms with Crippen LogP contribution in [0.25, 0.3) is 0 Å². The third-order valence-electron chi connectivity index (χ3n) is 3.65. The maximum absolute atomic E-state index is 12.7. The second-order valence-corrected chi connectivity index (χ2v) is 7.34. The topological polar surface area (TPSA) is 99.0 Å². The molecular formula is C16H15NO6S. The lowest BCUT2D eigenvalue weighted by atomic mass is 10.2. The van der Waals surface area contributed by atoms with Gasteiger partial charge in [-0.25, -0.2) is 8.42 Å².